The van der Waals surface area contributed by atoms with Crippen LogP contribution < -0.4 is 10.5 Å². The third-order valence-electron chi connectivity index (χ3n) is 4.66. The van der Waals surface area contributed by atoms with Crippen molar-refractivity contribution >= 4 is 23.0 Å². The first-order valence-electron chi connectivity index (χ1n) is 8.74. The molecule has 3 rings (SSSR count). The van der Waals surface area contributed by atoms with Gasteiger partial charge in [-0.1, -0.05) is 0 Å². The van der Waals surface area contributed by atoms with E-state index in [1.54, 1.807) is 41.7 Å². The second kappa shape index (κ2) is 8.42. The number of nitrogens with zero attached hydrogens (tertiary/aromatic N) is 2. The van der Waals surface area contributed by atoms with Crippen molar-refractivity contribution in [3.8, 4) is 5.75 Å². The lowest BCUT2D eigenvalue weighted by atomic mass is 9.89. The number of methoxy groups -OCH3 is 1. The number of hydrogen-bond acceptors (Lipinski definition) is 6. The SMILES string of the molecule is COc1ccc(C(=O)C2CCN(C(=O)c3csc(CCN)n3)CC2)cc1. The maximum atomic E-state index is 12.7. The van der Waals surface area contributed by atoms with Gasteiger partial charge in [-0.15, -0.1) is 11.3 Å². The monoisotopic (exact) mass is 373 g/mol. The molecule has 0 radical (unpaired) electrons. The fourth-order valence-electron chi connectivity index (χ4n) is 3.15. The summed E-state index contributed by atoms with van der Waals surface area (Å²) in [6, 6.07) is 7.19. The van der Waals surface area contributed by atoms with Gasteiger partial charge in [0.1, 0.15) is 11.4 Å². The first kappa shape index (κ1) is 18.5. The van der Waals surface area contributed by atoms with Gasteiger partial charge in [0.25, 0.3) is 5.91 Å². The Morgan fingerprint density at radius 2 is 1.96 bits per heavy atom. The number of amides is 1. The van der Waals surface area contributed by atoms with E-state index in [0.717, 1.165) is 10.8 Å². The standard InChI is InChI=1S/C19H23N3O3S/c1-25-15-4-2-13(3-5-15)18(23)14-7-10-22(11-8-14)19(24)16-12-26-17(21-16)6-9-20/h2-5,12,14H,6-11,20H2,1H3. The van der Waals surface area contributed by atoms with Crippen molar-refractivity contribution in [3.63, 3.8) is 0 Å². The molecule has 0 bridgehead atoms. The summed E-state index contributed by atoms with van der Waals surface area (Å²) < 4.78 is 5.13. The summed E-state index contributed by atoms with van der Waals surface area (Å²) in [7, 11) is 1.60. The Balaban J connectivity index is 1.57. The summed E-state index contributed by atoms with van der Waals surface area (Å²) in [5.74, 6) is 0.772. The molecule has 0 unspecified atom stereocenters. The van der Waals surface area contributed by atoms with E-state index in [1.807, 2.05) is 0 Å². The van der Waals surface area contributed by atoms with Crippen LogP contribution in [-0.4, -0.2) is 48.3 Å². The smallest absolute Gasteiger partial charge is 0.273 e. The van der Waals surface area contributed by atoms with Gasteiger partial charge in [-0.3, -0.25) is 9.59 Å². The van der Waals surface area contributed by atoms with Crippen LogP contribution in [0.15, 0.2) is 29.6 Å². The minimum atomic E-state index is -0.0557. The normalized spacial score (nSPS) is 15.1. The fraction of sp³-hybridized carbons (Fsp3) is 0.421. The van der Waals surface area contributed by atoms with E-state index in [-0.39, 0.29) is 17.6 Å². The van der Waals surface area contributed by atoms with E-state index < -0.39 is 0 Å². The molecule has 1 aromatic carbocycles. The largest absolute Gasteiger partial charge is 0.497 e. The average molecular weight is 373 g/mol. The zero-order valence-corrected chi connectivity index (χ0v) is 15.6. The van der Waals surface area contributed by atoms with Crippen molar-refractivity contribution in [1.29, 1.82) is 0 Å². The van der Waals surface area contributed by atoms with Crippen LogP contribution in [0.25, 0.3) is 0 Å². The molecule has 1 saturated heterocycles. The number of aromatic nitrogens is 1. The lowest BCUT2D eigenvalue weighted by Gasteiger charge is -2.31. The Morgan fingerprint density at radius 1 is 1.27 bits per heavy atom. The predicted octanol–water partition coefficient (Wildman–Crippen LogP) is 2.39. The molecule has 2 N–H and O–H groups in total. The average Bonchev–Trinajstić information content (AvgIpc) is 3.16. The van der Waals surface area contributed by atoms with Gasteiger partial charge in [0.2, 0.25) is 0 Å². The van der Waals surface area contributed by atoms with E-state index in [9.17, 15) is 9.59 Å². The van der Waals surface area contributed by atoms with Gasteiger partial charge in [-0.2, -0.15) is 0 Å². The number of ketones is 1. The second-order valence-electron chi connectivity index (χ2n) is 6.32. The molecule has 1 aromatic heterocycles. The van der Waals surface area contributed by atoms with E-state index in [2.05, 4.69) is 4.98 Å². The Kier molecular flexibility index (Phi) is 6.00. The minimum absolute atomic E-state index is 0.0457. The molecule has 0 spiro atoms. The number of Topliss-reactive ketones (excluding diaryl/α,β-unsaturated/α-hetero) is 1. The number of carbonyl (C=O) groups is 2. The van der Waals surface area contributed by atoms with E-state index in [0.29, 0.717) is 50.2 Å². The predicted molar refractivity (Wildman–Crippen MR) is 101 cm³/mol. The number of nitrogens with two attached hydrogens (primary N) is 1. The zero-order chi connectivity index (χ0) is 18.5. The maximum absolute atomic E-state index is 12.7. The zero-order valence-electron chi connectivity index (χ0n) is 14.8. The molecular weight excluding hydrogens is 350 g/mol. The molecule has 0 aliphatic carbocycles. The van der Waals surface area contributed by atoms with Crippen molar-refractivity contribution in [2.24, 2.45) is 11.7 Å². The van der Waals surface area contributed by atoms with Crippen LogP contribution in [0, 0.1) is 5.92 Å². The molecule has 1 aliphatic heterocycles. The van der Waals surface area contributed by atoms with Gasteiger partial charge >= 0.3 is 0 Å². The molecule has 7 heteroatoms. The highest BCUT2D eigenvalue weighted by Crippen LogP contribution is 2.24. The Bertz CT molecular complexity index is 765. The first-order chi connectivity index (χ1) is 12.6. The Hall–Kier alpha value is -2.25. The van der Waals surface area contributed by atoms with Crippen LogP contribution >= 0.6 is 11.3 Å². The lowest BCUT2D eigenvalue weighted by Crippen LogP contribution is -2.40. The molecule has 1 amide bonds. The molecule has 26 heavy (non-hydrogen) atoms. The van der Waals surface area contributed by atoms with Crippen molar-refractivity contribution in [1.82, 2.24) is 9.88 Å². The van der Waals surface area contributed by atoms with Gasteiger partial charge in [0.05, 0.1) is 12.1 Å². The fourth-order valence-corrected chi connectivity index (χ4v) is 3.93. The van der Waals surface area contributed by atoms with Gasteiger partial charge in [-0.25, -0.2) is 4.98 Å². The minimum Gasteiger partial charge on any atom is -0.497 e. The molecule has 2 aromatic rings. The van der Waals surface area contributed by atoms with E-state index in [4.69, 9.17) is 10.5 Å². The Morgan fingerprint density at radius 3 is 2.58 bits per heavy atom. The molecule has 2 heterocycles. The molecule has 6 nitrogen and oxygen atoms in total. The van der Waals surface area contributed by atoms with Crippen molar-refractivity contribution in [2.45, 2.75) is 19.3 Å². The molecule has 0 saturated carbocycles. The van der Waals surface area contributed by atoms with Gasteiger partial charge in [0.15, 0.2) is 5.78 Å². The second-order valence-corrected chi connectivity index (χ2v) is 7.27. The van der Waals surface area contributed by atoms with Crippen LogP contribution in [0.5, 0.6) is 5.75 Å². The summed E-state index contributed by atoms with van der Waals surface area (Å²) in [6.07, 6.45) is 2.04. The van der Waals surface area contributed by atoms with Gasteiger partial charge in [-0.05, 0) is 43.7 Å². The van der Waals surface area contributed by atoms with Crippen LogP contribution in [0.3, 0.4) is 0 Å². The molecular formula is C19H23N3O3S. The Labute approximate surface area is 157 Å². The highest BCUT2D eigenvalue weighted by molar-refractivity contribution is 7.09. The summed E-state index contributed by atoms with van der Waals surface area (Å²) in [5, 5.41) is 2.68. The first-order valence-corrected chi connectivity index (χ1v) is 9.62. The summed E-state index contributed by atoms with van der Waals surface area (Å²) >= 11 is 1.47. The van der Waals surface area contributed by atoms with E-state index in [1.165, 1.54) is 11.3 Å². The molecule has 1 aliphatic rings. The number of benzene rings is 1. The van der Waals surface area contributed by atoms with Crippen molar-refractivity contribution in [3.05, 3.63) is 45.9 Å². The number of likely N-dealkylation sites (tertiary alicyclic amines) is 1. The van der Waals surface area contributed by atoms with Gasteiger partial charge < -0.3 is 15.4 Å². The van der Waals surface area contributed by atoms with Crippen LogP contribution in [-0.2, 0) is 6.42 Å². The van der Waals surface area contributed by atoms with Crippen LogP contribution in [0.4, 0.5) is 0 Å². The number of ether oxygens (including phenoxy) is 1. The van der Waals surface area contributed by atoms with Gasteiger partial charge in [0, 0.05) is 36.4 Å². The number of rotatable bonds is 6. The lowest BCUT2D eigenvalue weighted by molar-refractivity contribution is 0.0646. The molecule has 0 atom stereocenters. The molecule has 1 fully saturated rings. The molecule has 138 valence electrons. The quantitative estimate of drug-likeness (QED) is 0.786. The van der Waals surface area contributed by atoms with E-state index >= 15 is 0 Å². The van der Waals surface area contributed by atoms with Crippen LogP contribution in [0.2, 0.25) is 0 Å². The van der Waals surface area contributed by atoms with Crippen molar-refractivity contribution < 1.29 is 14.3 Å². The maximum Gasteiger partial charge on any atom is 0.273 e. The third-order valence-corrected chi connectivity index (χ3v) is 5.57. The third kappa shape index (κ3) is 4.11. The summed E-state index contributed by atoms with van der Waals surface area (Å²) in [5.41, 5.74) is 6.71. The highest BCUT2D eigenvalue weighted by Gasteiger charge is 2.29. The topological polar surface area (TPSA) is 85.5 Å². The summed E-state index contributed by atoms with van der Waals surface area (Å²) in [6.45, 7) is 1.68. The summed E-state index contributed by atoms with van der Waals surface area (Å²) in [4.78, 5) is 31.4. The number of carbonyl (C=O) groups excluding carboxylic acids is 2. The number of piperidine rings is 1. The number of thiazole rings is 1. The highest BCUT2D eigenvalue weighted by atomic mass is 32.1. The van der Waals surface area contributed by atoms with Crippen LogP contribution in [0.1, 0.15) is 38.7 Å². The number of hydrogen-bond donors (Lipinski definition) is 1. The van der Waals surface area contributed by atoms with Crippen molar-refractivity contribution in [2.75, 3.05) is 26.7 Å².